The summed E-state index contributed by atoms with van der Waals surface area (Å²) in [7, 11) is 0. The van der Waals surface area contributed by atoms with Crippen molar-refractivity contribution in [3.05, 3.63) is 29.6 Å². The van der Waals surface area contributed by atoms with Gasteiger partial charge in [-0.15, -0.1) is 0 Å². The van der Waals surface area contributed by atoms with Crippen LogP contribution in [0.15, 0.2) is 12.1 Å². The molecule has 0 saturated heterocycles. The third-order valence-corrected chi connectivity index (χ3v) is 2.28. The van der Waals surface area contributed by atoms with Crippen LogP contribution in [0.25, 0.3) is 0 Å². The Kier molecular flexibility index (Phi) is 5.32. The number of amides is 2. The van der Waals surface area contributed by atoms with Gasteiger partial charge in [0.05, 0.1) is 5.69 Å². The molecule has 1 aromatic carbocycles. The van der Waals surface area contributed by atoms with Crippen LogP contribution in [-0.2, 0) is 4.79 Å². The molecular weight excluding hydrogens is 281 g/mol. The molecule has 110 valence electrons. The third-order valence-electron chi connectivity index (χ3n) is 2.28. The number of benzene rings is 1. The van der Waals surface area contributed by atoms with Gasteiger partial charge in [-0.05, 0) is 0 Å². The van der Waals surface area contributed by atoms with E-state index in [0.29, 0.717) is 6.07 Å². The van der Waals surface area contributed by atoms with Crippen LogP contribution in [0.1, 0.15) is 6.42 Å². The van der Waals surface area contributed by atoms with Crippen molar-refractivity contribution in [2.45, 2.75) is 12.5 Å². The number of halogens is 3. The molecule has 0 aliphatic heterocycles. The van der Waals surface area contributed by atoms with E-state index in [4.69, 9.17) is 10.2 Å². The van der Waals surface area contributed by atoms with Crippen LogP contribution in [0, 0.1) is 17.5 Å². The Morgan fingerprint density at radius 2 is 1.75 bits per heavy atom. The summed E-state index contributed by atoms with van der Waals surface area (Å²) in [5, 5.41) is 21.1. The fourth-order valence-corrected chi connectivity index (χ4v) is 1.32. The highest BCUT2D eigenvalue weighted by atomic mass is 19.2. The van der Waals surface area contributed by atoms with E-state index in [1.165, 1.54) is 0 Å². The first-order valence-electron chi connectivity index (χ1n) is 5.41. The lowest BCUT2D eigenvalue weighted by atomic mass is 10.2. The van der Waals surface area contributed by atoms with Gasteiger partial charge in [-0.25, -0.2) is 22.8 Å². The molecule has 4 N–H and O–H groups in total. The van der Waals surface area contributed by atoms with E-state index >= 15 is 0 Å². The maximum Gasteiger partial charge on any atom is 0.326 e. The minimum atomic E-state index is -1.42. The molecule has 0 spiro atoms. The number of carboxylic acid groups (broad SMARTS) is 1. The smallest absolute Gasteiger partial charge is 0.326 e. The number of hydrogen-bond donors (Lipinski definition) is 4. The van der Waals surface area contributed by atoms with E-state index in [9.17, 15) is 22.8 Å². The average Bonchev–Trinajstić information content (AvgIpc) is 2.35. The van der Waals surface area contributed by atoms with Crippen molar-refractivity contribution in [1.82, 2.24) is 5.32 Å². The maximum absolute atomic E-state index is 13.2. The molecule has 0 fully saturated rings. The average molecular weight is 292 g/mol. The fourth-order valence-electron chi connectivity index (χ4n) is 1.32. The molecule has 1 rings (SSSR count). The highest BCUT2D eigenvalue weighted by Crippen LogP contribution is 2.18. The second kappa shape index (κ2) is 6.75. The molecule has 0 saturated carbocycles. The number of carbonyl (C=O) groups is 2. The summed E-state index contributed by atoms with van der Waals surface area (Å²) in [6, 6.07) is -1.86. The van der Waals surface area contributed by atoms with E-state index in [1.807, 2.05) is 10.6 Å². The Bertz CT molecular complexity index is 525. The third kappa shape index (κ3) is 4.12. The number of nitrogens with one attached hydrogen (secondary N) is 2. The largest absolute Gasteiger partial charge is 0.480 e. The number of anilines is 1. The Morgan fingerprint density at radius 1 is 1.15 bits per heavy atom. The normalized spacial score (nSPS) is 11.8. The Labute approximate surface area is 111 Å². The van der Waals surface area contributed by atoms with Crippen molar-refractivity contribution >= 4 is 17.7 Å². The van der Waals surface area contributed by atoms with Gasteiger partial charge in [-0.3, -0.25) is 0 Å². The van der Waals surface area contributed by atoms with Crippen LogP contribution < -0.4 is 10.6 Å². The molecular formula is C11H11F3N2O4. The zero-order chi connectivity index (χ0) is 15.3. The van der Waals surface area contributed by atoms with Crippen molar-refractivity contribution in [3.8, 4) is 0 Å². The molecule has 0 heterocycles. The summed E-state index contributed by atoms with van der Waals surface area (Å²) in [6.07, 6.45) is -0.261. The predicted octanol–water partition coefficient (Wildman–Crippen LogP) is 1.06. The van der Waals surface area contributed by atoms with Crippen molar-refractivity contribution in [3.63, 3.8) is 0 Å². The molecule has 1 aromatic rings. The number of urea groups is 1. The van der Waals surface area contributed by atoms with Gasteiger partial charge >= 0.3 is 12.0 Å². The van der Waals surface area contributed by atoms with Gasteiger partial charge in [0.15, 0.2) is 11.6 Å². The summed E-state index contributed by atoms with van der Waals surface area (Å²) in [4.78, 5) is 22.1. The summed E-state index contributed by atoms with van der Waals surface area (Å²) in [6.45, 7) is -0.489. The summed E-state index contributed by atoms with van der Waals surface area (Å²) >= 11 is 0. The van der Waals surface area contributed by atoms with Crippen LogP contribution in [0.3, 0.4) is 0 Å². The highest BCUT2D eigenvalue weighted by molar-refractivity contribution is 5.92. The predicted molar refractivity (Wildman–Crippen MR) is 61.6 cm³/mol. The molecule has 6 nitrogen and oxygen atoms in total. The lowest BCUT2D eigenvalue weighted by Gasteiger charge is -2.14. The SMILES string of the molecule is O=C(Nc1cc(F)c(F)cc1F)NC(CCO)C(=O)O. The highest BCUT2D eigenvalue weighted by Gasteiger charge is 2.20. The van der Waals surface area contributed by atoms with Gasteiger partial charge in [0, 0.05) is 25.2 Å². The van der Waals surface area contributed by atoms with Crippen LogP contribution in [-0.4, -0.2) is 34.9 Å². The molecule has 0 aliphatic carbocycles. The first-order valence-corrected chi connectivity index (χ1v) is 5.41. The molecule has 2 amide bonds. The van der Waals surface area contributed by atoms with Crippen molar-refractivity contribution < 1.29 is 33.0 Å². The second-order valence-corrected chi connectivity index (χ2v) is 3.75. The monoisotopic (exact) mass is 292 g/mol. The number of aliphatic hydroxyl groups is 1. The summed E-state index contributed by atoms with van der Waals surface area (Å²) < 4.78 is 38.8. The number of carboxylic acids is 1. The molecule has 1 atom stereocenters. The number of carbonyl (C=O) groups excluding carboxylic acids is 1. The first-order chi connectivity index (χ1) is 9.35. The van der Waals surface area contributed by atoms with Gasteiger partial charge in [0.1, 0.15) is 11.9 Å². The van der Waals surface area contributed by atoms with Gasteiger partial charge in [-0.2, -0.15) is 0 Å². The molecule has 0 radical (unpaired) electrons. The molecule has 0 aliphatic rings. The van der Waals surface area contributed by atoms with E-state index in [0.717, 1.165) is 0 Å². The fraction of sp³-hybridized carbons (Fsp3) is 0.273. The quantitative estimate of drug-likeness (QED) is 0.610. The lowest BCUT2D eigenvalue weighted by Crippen LogP contribution is -2.43. The molecule has 0 bridgehead atoms. The van der Waals surface area contributed by atoms with E-state index in [1.54, 1.807) is 0 Å². The van der Waals surface area contributed by atoms with Crippen LogP contribution in [0.2, 0.25) is 0 Å². The van der Waals surface area contributed by atoms with Crippen LogP contribution in [0.4, 0.5) is 23.7 Å². The van der Waals surface area contributed by atoms with Gasteiger partial charge in [0.2, 0.25) is 0 Å². The minimum Gasteiger partial charge on any atom is -0.480 e. The number of aliphatic carboxylic acids is 1. The minimum absolute atomic E-state index is 0.243. The zero-order valence-corrected chi connectivity index (χ0v) is 9.99. The second-order valence-electron chi connectivity index (χ2n) is 3.75. The van der Waals surface area contributed by atoms with Gasteiger partial charge in [-0.1, -0.05) is 0 Å². The summed E-state index contributed by atoms with van der Waals surface area (Å²) in [5.74, 6) is -5.41. The number of hydrogen-bond acceptors (Lipinski definition) is 3. The molecule has 9 heteroatoms. The first kappa shape index (κ1) is 15.8. The number of rotatable bonds is 5. The molecule has 20 heavy (non-hydrogen) atoms. The molecule has 1 unspecified atom stereocenters. The van der Waals surface area contributed by atoms with Crippen molar-refractivity contribution in [2.24, 2.45) is 0 Å². The van der Waals surface area contributed by atoms with Gasteiger partial charge in [0.25, 0.3) is 0 Å². The van der Waals surface area contributed by atoms with Crippen LogP contribution >= 0.6 is 0 Å². The standard InChI is InChI=1S/C11H11F3N2O4/c12-5-3-7(14)9(4-6(5)13)16-11(20)15-8(1-2-17)10(18)19/h3-4,8,17H,1-2H2,(H,18,19)(H2,15,16,20). The lowest BCUT2D eigenvalue weighted by molar-refractivity contribution is -0.139. The molecule has 0 aromatic heterocycles. The van der Waals surface area contributed by atoms with Gasteiger partial charge < -0.3 is 20.8 Å². The van der Waals surface area contributed by atoms with E-state index in [2.05, 4.69) is 0 Å². The zero-order valence-electron chi connectivity index (χ0n) is 9.99. The Morgan fingerprint density at radius 3 is 2.30 bits per heavy atom. The van der Waals surface area contributed by atoms with E-state index < -0.39 is 47.8 Å². The van der Waals surface area contributed by atoms with Crippen molar-refractivity contribution in [2.75, 3.05) is 11.9 Å². The Balaban J connectivity index is 2.75. The maximum atomic E-state index is 13.2. The Hall–Kier alpha value is -2.29. The topological polar surface area (TPSA) is 98.7 Å². The number of aliphatic hydroxyl groups excluding tert-OH is 1. The van der Waals surface area contributed by atoms with E-state index in [-0.39, 0.29) is 12.5 Å². The van der Waals surface area contributed by atoms with Crippen LogP contribution in [0.5, 0.6) is 0 Å². The summed E-state index contributed by atoms with van der Waals surface area (Å²) in [5.41, 5.74) is -0.644. The van der Waals surface area contributed by atoms with Crippen molar-refractivity contribution in [1.29, 1.82) is 0 Å².